The quantitative estimate of drug-likeness (QED) is 0.136. The van der Waals surface area contributed by atoms with E-state index in [0.29, 0.717) is 25.9 Å². The fraction of sp³-hybridized carbons (Fsp3) is 0.792. The first kappa shape index (κ1) is 35.6. The Morgan fingerprint density at radius 3 is 2.31 bits per heavy atom. The highest BCUT2D eigenvalue weighted by Gasteiger charge is 2.37. The van der Waals surface area contributed by atoms with Crippen molar-refractivity contribution in [2.24, 2.45) is 11.7 Å². The van der Waals surface area contributed by atoms with Gasteiger partial charge in [0.2, 0.25) is 29.5 Å². The number of primary amides is 1. The number of nitrogens with two attached hydrogens (primary N) is 1. The van der Waals surface area contributed by atoms with Gasteiger partial charge in [0.15, 0.2) is 0 Å². The summed E-state index contributed by atoms with van der Waals surface area (Å²) in [6, 6.07) is -0.354. The SMILES string of the molecule is C.C.CCC1CC(=O)N(CCC(=O)NCCOCCOCC(=O)NCCCCC(NC)C(N)=O)C1=O. The van der Waals surface area contributed by atoms with Gasteiger partial charge in [-0.15, -0.1) is 0 Å². The van der Waals surface area contributed by atoms with E-state index in [0.717, 1.165) is 12.8 Å². The van der Waals surface area contributed by atoms with Crippen molar-refractivity contribution in [1.82, 2.24) is 20.9 Å². The second kappa shape index (κ2) is 20.6. The van der Waals surface area contributed by atoms with Crippen molar-refractivity contribution in [2.75, 3.05) is 53.1 Å². The number of ether oxygens (including phenoxy) is 2. The summed E-state index contributed by atoms with van der Waals surface area (Å²) in [6.45, 7) is 3.46. The lowest BCUT2D eigenvalue weighted by molar-refractivity contribution is -0.139. The Balaban J connectivity index is 0. The molecule has 0 aromatic rings. The molecule has 0 aromatic carbocycles. The van der Waals surface area contributed by atoms with Gasteiger partial charge in [0.25, 0.3) is 0 Å². The number of rotatable bonds is 19. The molecule has 12 nitrogen and oxygen atoms in total. The van der Waals surface area contributed by atoms with E-state index in [1.807, 2.05) is 6.92 Å². The number of nitrogens with zero attached hydrogens (tertiary/aromatic N) is 1. The van der Waals surface area contributed by atoms with Crippen LogP contribution in [0.15, 0.2) is 0 Å². The highest BCUT2D eigenvalue weighted by Crippen LogP contribution is 2.22. The van der Waals surface area contributed by atoms with E-state index in [4.69, 9.17) is 15.2 Å². The standard InChI is InChI=1S/C22H39N5O7.2CH4/c1-3-16-14-20(30)27(22(16)32)10-7-18(28)26-9-11-33-12-13-34-15-19(29)25-8-5-4-6-17(24-2)21(23)31;;/h16-17,24H,3-15H2,1-2H3,(H2,23,31)(H,25,29)(H,26,28);2*1H4. The van der Waals surface area contributed by atoms with E-state index in [2.05, 4.69) is 16.0 Å². The van der Waals surface area contributed by atoms with Gasteiger partial charge in [0.05, 0.1) is 25.9 Å². The topological polar surface area (TPSA) is 169 Å². The van der Waals surface area contributed by atoms with Crippen LogP contribution in [0.5, 0.6) is 0 Å². The first-order valence-electron chi connectivity index (χ1n) is 11.8. The Labute approximate surface area is 215 Å². The van der Waals surface area contributed by atoms with E-state index >= 15 is 0 Å². The molecule has 0 radical (unpaired) electrons. The summed E-state index contributed by atoms with van der Waals surface area (Å²) >= 11 is 0. The minimum absolute atomic E-state index is 0. The number of carbonyl (C=O) groups excluding carboxylic acids is 5. The molecule has 5 N–H and O–H groups in total. The maximum absolute atomic E-state index is 12.0. The summed E-state index contributed by atoms with van der Waals surface area (Å²) < 4.78 is 10.6. The molecule has 12 heteroatoms. The zero-order chi connectivity index (χ0) is 25.3. The molecule has 1 aliphatic heterocycles. The van der Waals surface area contributed by atoms with Gasteiger partial charge in [-0.1, -0.05) is 21.8 Å². The Bertz CT molecular complexity index is 690. The maximum atomic E-state index is 12.0. The summed E-state index contributed by atoms with van der Waals surface area (Å²) in [5.41, 5.74) is 5.24. The molecule has 0 aromatic heterocycles. The van der Waals surface area contributed by atoms with Gasteiger partial charge < -0.3 is 31.2 Å². The largest absolute Gasteiger partial charge is 0.377 e. The molecule has 0 aliphatic carbocycles. The second-order valence-corrected chi connectivity index (χ2v) is 8.05. The van der Waals surface area contributed by atoms with Crippen LogP contribution >= 0.6 is 0 Å². The van der Waals surface area contributed by atoms with Gasteiger partial charge >= 0.3 is 0 Å². The Kier molecular flexibility index (Phi) is 20.4. The number of amides is 5. The molecule has 5 amide bonds. The summed E-state index contributed by atoms with van der Waals surface area (Å²) in [7, 11) is 1.68. The molecular weight excluding hydrogens is 470 g/mol. The van der Waals surface area contributed by atoms with E-state index in [-0.39, 0.29) is 102 Å². The number of nitrogens with one attached hydrogen (secondary N) is 3. The highest BCUT2D eigenvalue weighted by atomic mass is 16.5. The molecule has 2 unspecified atom stereocenters. The number of hydrogen-bond donors (Lipinski definition) is 4. The predicted molar refractivity (Wildman–Crippen MR) is 137 cm³/mol. The van der Waals surface area contributed by atoms with Gasteiger partial charge in [0, 0.05) is 38.4 Å². The van der Waals surface area contributed by atoms with Crippen LogP contribution in [0.1, 0.15) is 60.3 Å². The molecule has 1 heterocycles. The third-order valence-corrected chi connectivity index (χ3v) is 5.50. The molecule has 1 saturated heterocycles. The van der Waals surface area contributed by atoms with Crippen molar-refractivity contribution in [3.05, 3.63) is 0 Å². The van der Waals surface area contributed by atoms with Crippen molar-refractivity contribution in [1.29, 1.82) is 0 Å². The van der Waals surface area contributed by atoms with E-state index in [1.165, 1.54) is 4.90 Å². The summed E-state index contributed by atoms with van der Waals surface area (Å²) in [6.07, 6.45) is 3.02. The van der Waals surface area contributed by atoms with Gasteiger partial charge in [-0.25, -0.2) is 0 Å². The summed E-state index contributed by atoms with van der Waals surface area (Å²) in [5.74, 6) is -1.55. The van der Waals surface area contributed by atoms with Crippen molar-refractivity contribution in [3.8, 4) is 0 Å². The van der Waals surface area contributed by atoms with Gasteiger partial charge in [0.1, 0.15) is 6.61 Å². The third kappa shape index (κ3) is 14.1. The van der Waals surface area contributed by atoms with Crippen LogP contribution in [0.4, 0.5) is 0 Å². The minimum atomic E-state index is -0.387. The molecule has 0 spiro atoms. The summed E-state index contributed by atoms with van der Waals surface area (Å²) in [5, 5.41) is 8.25. The first-order chi connectivity index (χ1) is 16.3. The van der Waals surface area contributed by atoms with Crippen molar-refractivity contribution < 1.29 is 33.4 Å². The van der Waals surface area contributed by atoms with Crippen molar-refractivity contribution >= 4 is 29.5 Å². The third-order valence-electron chi connectivity index (χ3n) is 5.50. The van der Waals surface area contributed by atoms with Crippen molar-refractivity contribution in [3.63, 3.8) is 0 Å². The average molecular weight is 518 g/mol. The molecular formula is C24H47N5O7. The van der Waals surface area contributed by atoms with Crippen LogP contribution in [-0.2, 0) is 33.4 Å². The number of likely N-dealkylation sites (N-methyl/N-ethyl adjacent to an activating group) is 1. The average Bonchev–Trinajstić information content (AvgIpc) is 3.08. The lowest BCUT2D eigenvalue weighted by Crippen LogP contribution is -2.39. The number of likely N-dealkylation sites (tertiary alicyclic amines) is 1. The lowest BCUT2D eigenvalue weighted by atomic mass is 10.1. The van der Waals surface area contributed by atoms with E-state index in [9.17, 15) is 24.0 Å². The number of carbonyl (C=O) groups is 5. The van der Waals surface area contributed by atoms with Crippen LogP contribution in [-0.4, -0.2) is 93.6 Å². The van der Waals surface area contributed by atoms with Gasteiger partial charge in [-0.3, -0.25) is 28.9 Å². The molecule has 1 rings (SSSR count). The highest BCUT2D eigenvalue weighted by molar-refractivity contribution is 6.03. The monoisotopic (exact) mass is 517 g/mol. The van der Waals surface area contributed by atoms with Crippen LogP contribution in [0, 0.1) is 5.92 Å². The van der Waals surface area contributed by atoms with Gasteiger partial charge in [-0.2, -0.15) is 0 Å². The van der Waals surface area contributed by atoms with Crippen LogP contribution in [0.2, 0.25) is 0 Å². The maximum Gasteiger partial charge on any atom is 0.245 e. The van der Waals surface area contributed by atoms with Crippen LogP contribution in [0.3, 0.4) is 0 Å². The zero-order valence-electron chi connectivity index (χ0n) is 20.2. The molecule has 1 fully saturated rings. The van der Waals surface area contributed by atoms with Crippen LogP contribution in [0.25, 0.3) is 0 Å². The van der Waals surface area contributed by atoms with E-state index < -0.39 is 0 Å². The van der Waals surface area contributed by atoms with Crippen LogP contribution < -0.4 is 21.7 Å². The number of unbranched alkanes of at least 4 members (excludes halogenated alkanes) is 1. The normalized spacial score (nSPS) is 15.6. The Morgan fingerprint density at radius 2 is 1.69 bits per heavy atom. The molecule has 2 atom stereocenters. The number of imide groups is 1. The lowest BCUT2D eigenvalue weighted by Gasteiger charge is -2.14. The predicted octanol–water partition coefficient (Wildman–Crippen LogP) is -0.0570. The van der Waals surface area contributed by atoms with Gasteiger partial charge in [-0.05, 0) is 32.7 Å². The fourth-order valence-corrected chi connectivity index (χ4v) is 3.44. The zero-order valence-corrected chi connectivity index (χ0v) is 20.2. The Hall–Kier alpha value is -2.57. The fourth-order valence-electron chi connectivity index (χ4n) is 3.44. The number of hydrogen-bond acceptors (Lipinski definition) is 8. The smallest absolute Gasteiger partial charge is 0.245 e. The molecule has 36 heavy (non-hydrogen) atoms. The van der Waals surface area contributed by atoms with Crippen molar-refractivity contribution in [2.45, 2.75) is 66.3 Å². The molecule has 210 valence electrons. The molecule has 0 saturated carbocycles. The second-order valence-electron chi connectivity index (χ2n) is 8.05. The molecule has 1 aliphatic rings. The van der Waals surface area contributed by atoms with E-state index in [1.54, 1.807) is 7.05 Å². The summed E-state index contributed by atoms with van der Waals surface area (Å²) in [4.78, 5) is 59.7. The Morgan fingerprint density at radius 1 is 1.03 bits per heavy atom. The molecule has 0 bridgehead atoms. The minimum Gasteiger partial charge on any atom is -0.377 e. The first-order valence-corrected chi connectivity index (χ1v) is 11.8.